The van der Waals surface area contributed by atoms with Crippen LogP contribution in [0.4, 0.5) is 0 Å². The van der Waals surface area contributed by atoms with Gasteiger partial charge in [-0.05, 0) is 44.7 Å². The molecular weight excluding hydrogens is 190 g/mol. The Hall–Kier alpha value is -0.830. The van der Waals surface area contributed by atoms with Gasteiger partial charge in [-0.25, -0.2) is 4.79 Å². The standard InChI is InChI=1S/C12H19NO2/c1-9-10(8-12(14)15-2)4-3-7-13(9)11-5-6-11/h8-9,11H,3-7H2,1-2H3/b10-8+. The highest BCUT2D eigenvalue weighted by Crippen LogP contribution is 2.34. The fourth-order valence-corrected chi connectivity index (χ4v) is 2.39. The van der Waals surface area contributed by atoms with E-state index in [9.17, 15) is 4.79 Å². The van der Waals surface area contributed by atoms with E-state index in [0.717, 1.165) is 12.5 Å². The topological polar surface area (TPSA) is 29.5 Å². The number of carbonyl (C=O) groups excluding carboxylic acids is 1. The molecule has 1 saturated heterocycles. The van der Waals surface area contributed by atoms with Gasteiger partial charge in [-0.3, -0.25) is 4.90 Å². The summed E-state index contributed by atoms with van der Waals surface area (Å²) in [5.41, 5.74) is 1.24. The van der Waals surface area contributed by atoms with E-state index >= 15 is 0 Å². The molecule has 1 atom stereocenters. The van der Waals surface area contributed by atoms with Gasteiger partial charge < -0.3 is 4.74 Å². The van der Waals surface area contributed by atoms with Crippen molar-refractivity contribution in [3.63, 3.8) is 0 Å². The summed E-state index contributed by atoms with van der Waals surface area (Å²) < 4.78 is 4.68. The number of methoxy groups -OCH3 is 1. The number of esters is 1. The molecule has 0 bridgehead atoms. The van der Waals surface area contributed by atoms with Gasteiger partial charge in [-0.1, -0.05) is 0 Å². The van der Waals surface area contributed by atoms with E-state index < -0.39 is 0 Å². The fourth-order valence-electron chi connectivity index (χ4n) is 2.39. The first-order valence-corrected chi connectivity index (χ1v) is 5.76. The molecule has 84 valence electrons. The number of ether oxygens (including phenoxy) is 1. The monoisotopic (exact) mass is 209 g/mol. The number of nitrogens with zero attached hydrogens (tertiary/aromatic N) is 1. The molecule has 0 aromatic carbocycles. The predicted molar refractivity (Wildman–Crippen MR) is 58.5 cm³/mol. The van der Waals surface area contributed by atoms with E-state index in [4.69, 9.17) is 0 Å². The molecule has 1 unspecified atom stereocenters. The largest absolute Gasteiger partial charge is 0.466 e. The second-order valence-electron chi connectivity index (χ2n) is 4.49. The van der Waals surface area contributed by atoms with Crippen LogP contribution < -0.4 is 0 Å². The van der Waals surface area contributed by atoms with Gasteiger partial charge in [0.15, 0.2) is 0 Å². The molecule has 1 heterocycles. The van der Waals surface area contributed by atoms with Crippen molar-refractivity contribution in [3.8, 4) is 0 Å². The Bertz CT molecular complexity index is 281. The molecule has 0 radical (unpaired) electrons. The third-order valence-electron chi connectivity index (χ3n) is 3.44. The van der Waals surface area contributed by atoms with Crippen molar-refractivity contribution in [1.29, 1.82) is 0 Å². The van der Waals surface area contributed by atoms with Crippen molar-refractivity contribution >= 4 is 5.97 Å². The normalized spacial score (nSPS) is 30.5. The summed E-state index contributed by atoms with van der Waals surface area (Å²) in [5.74, 6) is -0.213. The molecule has 1 aliphatic carbocycles. The van der Waals surface area contributed by atoms with Gasteiger partial charge in [0.25, 0.3) is 0 Å². The maximum atomic E-state index is 11.2. The SMILES string of the molecule is COC(=O)/C=C1\CCCN(C2CC2)C1C. The Labute approximate surface area is 91.1 Å². The molecule has 2 aliphatic rings. The van der Waals surface area contributed by atoms with Gasteiger partial charge in [0.05, 0.1) is 7.11 Å². The molecule has 2 fully saturated rings. The quantitative estimate of drug-likeness (QED) is 0.512. The lowest BCUT2D eigenvalue weighted by Crippen LogP contribution is -2.40. The molecule has 0 aromatic rings. The lowest BCUT2D eigenvalue weighted by atomic mass is 9.96. The first-order chi connectivity index (χ1) is 7.22. The van der Waals surface area contributed by atoms with Crippen molar-refractivity contribution in [1.82, 2.24) is 4.90 Å². The first-order valence-electron chi connectivity index (χ1n) is 5.76. The second-order valence-corrected chi connectivity index (χ2v) is 4.49. The van der Waals surface area contributed by atoms with E-state index in [1.165, 1.54) is 38.5 Å². The van der Waals surface area contributed by atoms with Crippen LogP contribution >= 0.6 is 0 Å². The Morgan fingerprint density at radius 3 is 2.87 bits per heavy atom. The lowest BCUT2D eigenvalue weighted by Gasteiger charge is -2.35. The van der Waals surface area contributed by atoms with Gasteiger partial charge >= 0.3 is 5.97 Å². The smallest absolute Gasteiger partial charge is 0.330 e. The van der Waals surface area contributed by atoms with E-state index in [-0.39, 0.29) is 5.97 Å². The molecule has 1 saturated carbocycles. The number of carbonyl (C=O) groups is 1. The van der Waals surface area contributed by atoms with Crippen LogP contribution in [0, 0.1) is 0 Å². The van der Waals surface area contributed by atoms with Gasteiger partial charge in [0, 0.05) is 18.2 Å². The zero-order chi connectivity index (χ0) is 10.8. The van der Waals surface area contributed by atoms with Crippen molar-refractivity contribution < 1.29 is 9.53 Å². The summed E-state index contributed by atoms with van der Waals surface area (Å²) in [4.78, 5) is 13.7. The molecule has 0 N–H and O–H groups in total. The summed E-state index contributed by atoms with van der Waals surface area (Å²) in [6.07, 6.45) is 6.55. The number of piperidine rings is 1. The maximum absolute atomic E-state index is 11.2. The average Bonchev–Trinajstić information content (AvgIpc) is 3.04. The zero-order valence-corrected chi connectivity index (χ0v) is 9.53. The molecule has 15 heavy (non-hydrogen) atoms. The number of hydrogen-bond acceptors (Lipinski definition) is 3. The number of hydrogen-bond donors (Lipinski definition) is 0. The number of rotatable bonds is 2. The van der Waals surface area contributed by atoms with E-state index in [1.807, 2.05) is 0 Å². The first kappa shape index (κ1) is 10.7. The van der Waals surface area contributed by atoms with Gasteiger partial charge in [0.1, 0.15) is 0 Å². The highest BCUT2D eigenvalue weighted by molar-refractivity contribution is 5.82. The molecule has 3 nitrogen and oxygen atoms in total. The maximum Gasteiger partial charge on any atom is 0.330 e. The summed E-state index contributed by atoms with van der Waals surface area (Å²) in [7, 11) is 1.44. The van der Waals surface area contributed by atoms with Crippen LogP contribution in [0.25, 0.3) is 0 Å². The van der Waals surface area contributed by atoms with E-state index in [0.29, 0.717) is 6.04 Å². The average molecular weight is 209 g/mol. The minimum atomic E-state index is -0.213. The summed E-state index contributed by atoms with van der Waals surface area (Å²) >= 11 is 0. The molecule has 1 aliphatic heterocycles. The van der Waals surface area contributed by atoms with Crippen LogP contribution in [-0.2, 0) is 9.53 Å². The summed E-state index contributed by atoms with van der Waals surface area (Å²) in [6.45, 7) is 3.39. The highest BCUT2D eigenvalue weighted by Gasteiger charge is 2.35. The zero-order valence-electron chi connectivity index (χ0n) is 9.53. The van der Waals surface area contributed by atoms with E-state index in [1.54, 1.807) is 6.08 Å². The Kier molecular flexibility index (Phi) is 3.10. The number of likely N-dealkylation sites (tertiary alicyclic amines) is 1. The third-order valence-corrected chi connectivity index (χ3v) is 3.44. The van der Waals surface area contributed by atoms with Crippen molar-refractivity contribution in [3.05, 3.63) is 11.6 Å². The van der Waals surface area contributed by atoms with Crippen LogP contribution in [0.3, 0.4) is 0 Å². The van der Waals surface area contributed by atoms with Gasteiger partial charge in [0.2, 0.25) is 0 Å². The van der Waals surface area contributed by atoms with Gasteiger partial charge in [-0.2, -0.15) is 0 Å². The third kappa shape index (κ3) is 2.40. The van der Waals surface area contributed by atoms with Crippen molar-refractivity contribution in [2.24, 2.45) is 0 Å². The predicted octanol–water partition coefficient (Wildman–Crippen LogP) is 1.73. The van der Waals surface area contributed by atoms with Crippen LogP contribution in [0.1, 0.15) is 32.6 Å². The highest BCUT2D eigenvalue weighted by atomic mass is 16.5. The fraction of sp³-hybridized carbons (Fsp3) is 0.750. The van der Waals surface area contributed by atoms with Crippen molar-refractivity contribution in [2.75, 3.05) is 13.7 Å². The summed E-state index contributed by atoms with van der Waals surface area (Å²) in [5, 5.41) is 0. The Morgan fingerprint density at radius 2 is 2.27 bits per heavy atom. The Balaban J connectivity index is 2.04. The van der Waals surface area contributed by atoms with Crippen molar-refractivity contribution in [2.45, 2.75) is 44.7 Å². The van der Waals surface area contributed by atoms with E-state index in [2.05, 4.69) is 16.6 Å². The lowest BCUT2D eigenvalue weighted by molar-refractivity contribution is -0.134. The minimum absolute atomic E-state index is 0.213. The Morgan fingerprint density at radius 1 is 1.53 bits per heavy atom. The molecule has 0 aromatic heterocycles. The van der Waals surface area contributed by atoms with Crippen LogP contribution in [0.2, 0.25) is 0 Å². The van der Waals surface area contributed by atoms with Crippen LogP contribution in [0.5, 0.6) is 0 Å². The molecule has 2 rings (SSSR count). The van der Waals surface area contributed by atoms with Gasteiger partial charge in [-0.15, -0.1) is 0 Å². The minimum Gasteiger partial charge on any atom is -0.466 e. The van der Waals surface area contributed by atoms with Crippen LogP contribution in [0.15, 0.2) is 11.6 Å². The molecule has 0 amide bonds. The second kappa shape index (κ2) is 4.35. The molecular formula is C12H19NO2. The molecule has 0 spiro atoms. The molecule has 3 heteroatoms. The summed E-state index contributed by atoms with van der Waals surface area (Å²) in [6, 6.07) is 1.20. The van der Waals surface area contributed by atoms with Crippen LogP contribution in [-0.4, -0.2) is 36.6 Å².